The summed E-state index contributed by atoms with van der Waals surface area (Å²) in [6.45, 7) is 1.66. The third-order valence-electron chi connectivity index (χ3n) is 4.34. The standard InChI is InChI=1S/C14H24N2O3/c17-13(18)12-7-8-16(10-12)14(19)15-9-11-5-3-1-2-4-6-11/h11-12H,1-10H2,(H,15,19)(H,17,18). The summed E-state index contributed by atoms with van der Waals surface area (Å²) in [5.74, 6) is -0.577. The van der Waals surface area contributed by atoms with Crippen molar-refractivity contribution >= 4 is 12.0 Å². The first-order valence-electron chi connectivity index (χ1n) is 7.42. The number of amides is 2. The molecule has 1 unspecified atom stereocenters. The molecule has 5 nitrogen and oxygen atoms in total. The highest BCUT2D eigenvalue weighted by atomic mass is 16.4. The van der Waals surface area contributed by atoms with Crippen LogP contribution in [-0.2, 0) is 4.79 Å². The number of likely N-dealkylation sites (tertiary alicyclic amines) is 1. The average Bonchev–Trinajstić information content (AvgIpc) is 2.75. The molecule has 1 saturated heterocycles. The zero-order chi connectivity index (χ0) is 13.7. The quantitative estimate of drug-likeness (QED) is 0.770. The predicted octanol–water partition coefficient (Wildman–Crippen LogP) is 2.07. The van der Waals surface area contributed by atoms with E-state index in [1.807, 2.05) is 0 Å². The summed E-state index contributed by atoms with van der Waals surface area (Å²) in [4.78, 5) is 24.5. The number of carbonyl (C=O) groups is 2. The van der Waals surface area contributed by atoms with E-state index in [1.165, 1.54) is 38.5 Å². The fraction of sp³-hybridized carbons (Fsp3) is 0.857. The monoisotopic (exact) mass is 268 g/mol. The minimum absolute atomic E-state index is 0.0898. The molecule has 0 spiro atoms. The van der Waals surface area contributed by atoms with E-state index in [1.54, 1.807) is 4.90 Å². The fourth-order valence-electron chi connectivity index (χ4n) is 3.06. The predicted molar refractivity (Wildman–Crippen MR) is 71.9 cm³/mol. The van der Waals surface area contributed by atoms with Crippen molar-refractivity contribution in [1.82, 2.24) is 10.2 Å². The van der Waals surface area contributed by atoms with Crippen molar-refractivity contribution in [3.8, 4) is 0 Å². The van der Waals surface area contributed by atoms with Gasteiger partial charge in [0.2, 0.25) is 0 Å². The summed E-state index contributed by atoms with van der Waals surface area (Å²) in [5.41, 5.74) is 0. The van der Waals surface area contributed by atoms with E-state index in [0.29, 0.717) is 25.4 Å². The van der Waals surface area contributed by atoms with E-state index in [-0.39, 0.29) is 11.9 Å². The van der Waals surface area contributed by atoms with Gasteiger partial charge in [0.15, 0.2) is 0 Å². The number of nitrogens with zero attached hydrogens (tertiary/aromatic N) is 1. The molecule has 2 rings (SSSR count). The maximum absolute atomic E-state index is 12.0. The highest BCUT2D eigenvalue weighted by Crippen LogP contribution is 2.22. The van der Waals surface area contributed by atoms with Crippen LogP contribution in [0, 0.1) is 11.8 Å². The van der Waals surface area contributed by atoms with Crippen molar-refractivity contribution in [3.05, 3.63) is 0 Å². The van der Waals surface area contributed by atoms with Crippen LogP contribution in [0.3, 0.4) is 0 Å². The third kappa shape index (κ3) is 4.11. The molecule has 19 heavy (non-hydrogen) atoms. The van der Waals surface area contributed by atoms with Gasteiger partial charge < -0.3 is 15.3 Å². The van der Waals surface area contributed by atoms with Crippen molar-refractivity contribution < 1.29 is 14.7 Å². The van der Waals surface area contributed by atoms with Crippen LogP contribution in [0.15, 0.2) is 0 Å². The Kier molecular flexibility index (Phi) is 5.05. The van der Waals surface area contributed by atoms with E-state index in [0.717, 1.165) is 6.54 Å². The van der Waals surface area contributed by atoms with Gasteiger partial charge in [0.05, 0.1) is 5.92 Å². The zero-order valence-electron chi connectivity index (χ0n) is 11.4. The number of carboxylic acids is 1. The number of rotatable bonds is 3. The van der Waals surface area contributed by atoms with Crippen molar-refractivity contribution in [2.75, 3.05) is 19.6 Å². The lowest BCUT2D eigenvalue weighted by Gasteiger charge is -2.20. The molecule has 0 aromatic heterocycles. The van der Waals surface area contributed by atoms with Crippen LogP contribution in [-0.4, -0.2) is 41.6 Å². The van der Waals surface area contributed by atoms with E-state index in [4.69, 9.17) is 5.11 Å². The first-order valence-corrected chi connectivity index (χ1v) is 7.42. The molecule has 108 valence electrons. The van der Waals surface area contributed by atoms with E-state index >= 15 is 0 Å². The Morgan fingerprint density at radius 2 is 1.79 bits per heavy atom. The number of aliphatic carboxylic acids is 1. The molecule has 1 atom stereocenters. The maximum Gasteiger partial charge on any atom is 0.317 e. The summed E-state index contributed by atoms with van der Waals surface area (Å²) in [5, 5.41) is 11.9. The number of carbonyl (C=O) groups excluding carboxylic acids is 1. The van der Waals surface area contributed by atoms with Crippen LogP contribution < -0.4 is 5.32 Å². The lowest BCUT2D eigenvalue weighted by Crippen LogP contribution is -2.41. The second kappa shape index (κ2) is 6.78. The molecular weight excluding hydrogens is 244 g/mol. The van der Waals surface area contributed by atoms with Crippen LogP contribution in [0.4, 0.5) is 4.79 Å². The van der Waals surface area contributed by atoms with Crippen molar-refractivity contribution in [3.63, 3.8) is 0 Å². The Morgan fingerprint density at radius 1 is 1.11 bits per heavy atom. The summed E-state index contributed by atoms with van der Waals surface area (Å²) in [6.07, 6.45) is 8.16. The number of urea groups is 1. The summed E-state index contributed by atoms with van der Waals surface area (Å²) in [6, 6.07) is -0.0898. The molecular formula is C14H24N2O3. The van der Waals surface area contributed by atoms with Crippen molar-refractivity contribution in [2.45, 2.75) is 44.9 Å². The van der Waals surface area contributed by atoms with Crippen LogP contribution in [0.1, 0.15) is 44.9 Å². The molecule has 1 heterocycles. The van der Waals surface area contributed by atoms with Gasteiger partial charge in [-0.3, -0.25) is 4.79 Å². The van der Waals surface area contributed by atoms with E-state index in [9.17, 15) is 9.59 Å². The molecule has 1 saturated carbocycles. The smallest absolute Gasteiger partial charge is 0.317 e. The first-order chi connectivity index (χ1) is 9.16. The second-order valence-electron chi connectivity index (χ2n) is 5.81. The van der Waals surface area contributed by atoms with Gasteiger partial charge in [-0.15, -0.1) is 0 Å². The molecule has 2 amide bonds. The highest BCUT2D eigenvalue weighted by Gasteiger charge is 2.30. The van der Waals surface area contributed by atoms with Gasteiger partial charge in [-0.25, -0.2) is 4.79 Å². The van der Waals surface area contributed by atoms with E-state index in [2.05, 4.69) is 5.32 Å². The van der Waals surface area contributed by atoms with E-state index < -0.39 is 5.97 Å². The molecule has 0 aromatic carbocycles. The molecule has 2 N–H and O–H groups in total. The van der Waals surface area contributed by atoms with Gasteiger partial charge in [0.1, 0.15) is 0 Å². The molecule has 5 heteroatoms. The van der Waals surface area contributed by atoms with Gasteiger partial charge >= 0.3 is 12.0 Å². The van der Waals surface area contributed by atoms with Crippen LogP contribution in [0.5, 0.6) is 0 Å². The Hall–Kier alpha value is -1.26. The van der Waals surface area contributed by atoms with Crippen molar-refractivity contribution in [1.29, 1.82) is 0 Å². The van der Waals surface area contributed by atoms with Crippen LogP contribution in [0.2, 0.25) is 0 Å². The average molecular weight is 268 g/mol. The normalized spacial score (nSPS) is 25.1. The minimum atomic E-state index is -0.793. The fourth-order valence-corrected chi connectivity index (χ4v) is 3.06. The number of carboxylic acid groups (broad SMARTS) is 1. The summed E-state index contributed by atoms with van der Waals surface area (Å²) < 4.78 is 0. The Balaban J connectivity index is 1.71. The molecule has 0 aromatic rings. The summed E-state index contributed by atoms with van der Waals surface area (Å²) >= 11 is 0. The SMILES string of the molecule is O=C(O)C1CCN(C(=O)NCC2CCCCCC2)C1. The molecule has 1 aliphatic carbocycles. The Bertz CT molecular complexity index is 325. The van der Waals surface area contributed by atoms with Crippen LogP contribution in [0.25, 0.3) is 0 Å². The number of hydrogen-bond donors (Lipinski definition) is 2. The highest BCUT2D eigenvalue weighted by molar-refractivity contribution is 5.77. The van der Waals surface area contributed by atoms with Gasteiger partial charge in [-0.2, -0.15) is 0 Å². The molecule has 0 radical (unpaired) electrons. The molecule has 1 aliphatic heterocycles. The zero-order valence-corrected chi connectivity index (χ0v) is 11.4. The first kappa shape index (κ1) is 14.2. The Morgan fingerprint density at radius 3 is 2.37 bits per heavy atom. The van der Waals surface area contributed by atoms with Crippen LogP contribution >= 0.6 is 0 Å². The Labute approximate surface area is 114 Å². The lowest BCUT2D eigenvalue weighted by molar-refractivity contribution is -0.141. The summed E-state index contributed by atoms with van der Waals surface area (Å²) in [7, 11) is 0. The maximum atomic E-state index is 12.0. The van der Waals surface area contributed by atoms with Gasteiger partial charge in [0.25, 0.3) is 0 Å². The molecule has 2 fully saturated rings. The largest absolute Gasteiger partial charge is 0.481 e. The molecule has 0 bridgehead atoms. The third-order valence-corrected chi connectivity index (χ3v) is 4.34. The number of nitrogens with one attached hydrogen (secondary N) is 1. The molecule has 2 aliphatic rings. The van der Waals surface area contributed by atoms with Gasteiger partial charge in [0, 0.05) is 19.6 Å². The van der Waals surface area contributed by atoms with Gasteiger partial charge in [-0.05, 0) is 25.2 Å². The van der Waals surface area contributed by atoms with Gasteiger partial charge in [-0.1, -0.05) is 25.7 Å². The minimum Gasteiger partial charge on any atom is -0.481 e. The topological polar surface area (TPSA) is 69.6 Å². The lowest BCUT2D eigenvalue weighted by atomic mass is 10.0. The second-order valence-corrected chi connectivity index (χ2v) is 5.81. The number of hydrogen-bond acceptors (Lipinski definition) is 2. The van der Waals surface area contributed by atoms with Crippen molar-refractivity contribution in [2.24, 2.45) is 11.8 Å².